The molecule has 0 aliphatic carbocycles. The quantitative estimate of drug-likeness (QED) is 0.844. The molecule has 1 heterocycles. The maximum absolute atomic E-state index is 11.5. The minimum Gasteiger partial charge on any atom is -0.490 e. The molecular formula is C14H11N3O2. The van der Waals surface area contributed by atoms with Crippen LogP contribution in [-0.2, 0) is 0 Å². The molecule has 0 spiro atoms. The number of aromatic nitrogens is 2. The van der Waals surface area contributed by atoms with Gasteiger partial charge in [-0.2, -0.15) is 5.26 Å². The highest BCUT2D eigenvalue weighted by Gasteiger charge is 2.10. The molecule has 0 atom stereocenters. The Kier molecular flexibility index (Phi) is 3.74. The zero-order valence-corrected chi connectivity index (χ0v) is 10.1. The zero-order valence-electron chi connectivity index (χ0n) is 10.1. The number of rotatable bonds is 4. The van der Waals surface area contributed by atoms with Crippen molar-refractivity contribution < 1.29 is 4.74 Å². The molecule has 0 unspecified atom stereocenters. The summed E-state index contributed by atoms with van der Waals surface area (Å²) in [7, 11) is 0. The molecule has 0 bridgehead atoms. The topological polar surface area (TPSA) is 78.8 Å². The smallest absolute Gasteiger partial charge is 0.269 e. The first kappa shape index (κ1) is 12.6. The molecule has 0 aliphatic rings. The first-order valence-electron chi connectivity index (χ1n) is 5.58. The fourth-order valence-electron chi connectivity index (χ4n) is 1.59. The number of hydrogen-bond acceptors (Lipinski definition) is 4. The number of nitrogens with one attached hydrogen (secondary N) is 1. The molecule has 2 rings (SSSR count). The van der Waals surface area contributed by atoms with Gasteiger partial charge in [0.05, 0.1) is 12.0 Å². The Bertz CT molecular complexity index is 681. The van der Waals surface area contributed by atoms with Crippen LogP contribution < -0.4 is 10.3 Å². The molecule has 19 heavy (non-hydrogen) atoms. The lowest BCUT2D eigenvalue weighted by Crippen LogP contribution is -2.12. The predicted molar refractivity (Wildman–Crippen MR) is 70.7 cm³/mol. The molecule has 0 fully saturated rings. The fourth-order valence-corrected chi connectivity index (χ4v) is 1.59. The lowest BCUT2D eigenvalue weighted by Gasteiger charge is -2.05. The normalized spacial score (nSPS) is 9.63. The highest BCUT2D eigenvalue weighted by Crippen LogP contribution is 2.21. The van der Waals surface area contributed by atoms with Crippen LogP contribution in [0.5, 0.6) is 5.75 Å². The Labute approximate surface area is 109 Å². The van der Waals surface area contributed by atoms with Gasteiger partial charge in [-0.05, 0) is 24.3 Å². The molecular weight excluding hydrogens is 242 g/mol. The number of nitrogens with zero attached hydrogens (tertiary/aromatic N) is 2. The maximum Gasteiger partial charge on any atom is 0.269 e. The molecule has 1 N–H and O–H groups in total. The second-order valence-corrected chi connectivity index (χ2v) is 3.69. The van der Waals surface area contributed by atoms with Crippen LogP contribution in [0, 0.1) is 11.3 Å². The van der Waals surface area contributed by atoms with Gasteiger partial charge < -0.3 is 9.72 Å². The van der Waals surface area contributed by atoms with Gasteiger partial charge in [-0.3, -0.25) is 4.79 Å². The molecule has 0 amide bonds. The van der Waals surface area contributed by atoms with Crippen LogP contribution in [0.15, 0.2) is 48.0 Å². The Hall–Kier alpha value is -2.87. The van der Waals surface area contributed by atoms with Crippen LogP contribution in [0.25, 0.3) is 11.3 Å². The molecule has 0 radical (unpaired) electrons. The summed E-state index contributed by atoms with van der Waals surface area (Å²) in [5, 5.41) is 8.99. The van der Waals surface area contributed by atoms with Crippen LogP contribution in [-0.4, -0.2) is 16.6 Å². The van der Waals surface area contributed by atoms with Gasteiger partial charge in [-0.1, -0.05) is 12.7 Å². The maximum atomic E-state index is 11.5. The van der Waals surface area contributed by atoms with Crippen molar-refractivity contribution in [3.8, 4) is 23.1 Å². The lowest BCUT2D eigenvalue weighted by molar-refractivity contribution is 0.363. The van der Waals surface area contributed by atoms with E-state index in [2.05, 4.69) is 16.5 Å². The van der Waals surface area contributed by atoms with Gasteiger partial charge in [0.25, 0.3) is 5.56 Å². The number of aromatic amines is 1. The van der Waals surface area contributed by atoms with Crippen molar-refractivity contribution >= 4 is 0 Å². The van der Waals surface area contributed by atoms with Crippen LogP contribution in [0.1, 0.15) is 5.56 Å². The minimum absolute atomic E-state index is 0.00209. The highest BCUT2D eigenvalue weighted by atomic mass is 16.5. The summed E-state index contributed by atoms with van der Waals surface area (Å²) >= 11 is 0. The van der Waals surface area contributed by atoms with E-state index in [1.807, 2.05) is 6.07 Å². The first-order chi connectivity index (χ1) is 9.26. The summed E-state index contributed by atoms with van der Waals surface area (Å²) in [6.07, 6.45) is 2.93. The molecule has 94 valence electrons. The fraction of sp³-hybridized carbons (Fsp3) is 0.0714. The highest BCUT2D eigenvalue weighted by molar-refractivity contribution is 5.66. The summed E-state index contributed by atoms with van der Waals surface area (Å²) in [6, 6.07) is 8.87. The van der Waals surface area contributed by atoms with Crippen molar-refractivity contribution in [3.63, 3.8) is 0 Å². The third-order valence-corrected chi connectivity index (χ3v) is 2.46. The summed E-state index contributed by atoms with van der Waals surface area (Å²) < 4.78 is 5.35. The van der Waals surface area contributed by atoms with E-state index in [1.165, 1.54) is 6.33 Å². The number of hydrogen-bond donors (Lipinski definition) is 1. The SMILES string of the molecule is C=CCOc1ccc(-c2nc[nH]c(=O)c2C#N)cc1. The average molecular weight is 253 g/mol. The van der Waals surface area contributed by atoms with Gasteiger partial charge in [0, 0.05) is 5.56 Å². The van der Waals surface area contributed by atoms with E-state index >= 15 is 0 Å². The van der Waals surface area contributed by atoms with Crippen LogP contribution >= 0.6 is 0 Å². The molecule has 1 aromatic heterocycles. The largest absolute Gasteiger partial charge is 0.490 e. The molecule has 5 heteroatoms. The predicted octanol–water partition coefficient (Wildman–Crippen LogP) is 1.87. The Balaban J connectivity index is 2.38. The van der Waals surface area contributed by atoms with Crippen molar-refractivity contribution in [1.82, 2.24) is 9.97 Å². The Morgan fingerprint density at radius 3 is 2.79 bits per heavy atom. The second-order valence-electron chi connectivity index (χ2n) is 3.69. The Morgan fingerprint density at radius 1 is 1.42 bits per heavy atom. The van der Waals surface area contributed by atoms with Gasteiger partial charge in [0.2, 0.25) is 0 Å². The summed E-state index contributed by atoms with van der Waals surface area (Å²) in [4.78, 5) is 17.9. The van der Waals surface area contributed by atoms with Crippen LogP contribution in [0.4, 0.5) is 0 Å². The van der Waals surface area contributed by atoms with E-state index in [0.717, 1.165) is 0 Å². The van der Waals surface area contributed by atoms with Crippen LogP contribution in [0.2, 0.25) is 0 Å². The monoisotopic (exact) mass is 253 g/mol. The molecule has 0 saturated heterocycles. The van der Waals surface area contributed by atoms with E-state index in [4.69, 9.17) is 10.00 Å². The van der Waals surface area contributed by atoms with Gasteiger partial charge in [-0.25, -0.2) is 4.98 Å². The molecule has 0 aliphatic heterocycles. The van der Waals surface area contributed by atoms with Gasteiger partial charge in [-0.15, -0.1) is 0 Å². The third-order valence-electron chi connectivity index (χ3n) is 2.46. The summed E-state index contributed by atoms with van der Waals surface area (Å²) in [5.74, 6) is 0.687. The molecule has 2 aromatic rings. The Morgan fingerprint density at radius 2 is 2.16 bits per heavy atom. The molecule has 1 aromatic carbocycles. The third kappa shape index (κ3) is 2.69. The standard InChI is InChI=1S/C14H11N3O2/c1-2-7-19-11-5-3-10(4-6-11)13-12(8-15)14(18)17-9-16-13/h2-6,9H,1,7H2,(H,16,17,18). The number of benzene rings is 1. The number of nitriles is 1. The van der Waals surface area contributed by atoms with Crippen molar-refractivity contribution in [2.24, 2.45) is 0 Å². The first-order valence-corrected chi connectivity index (χ1v) is 5.58. The van der Waals surface area contributed by atoms with E-state index in [0.29, 0.717) is 23.6 Å². The minimum atomic E-state index is -0.445. The summed E-state index contributed by atoms with van der Waals surface area (Å²) in [6.45, 7) is 3.99. The lowest BCUT2D eigenvalue weighted by atomic mass is 10.1. The number of H-pyrrole nitrogens is 1. The molecule has 0 saturated carbocycles. The van der Waals surface area contributed by atoms with E-state index in [9.17, 15) is 4.79 Å². The zero-order chi connectivity index (χ0) is 13.7. The van der Waals surface area contributed by atoms with Gasteiger partial charge in [0.1, 0.15) is 24.0 Å². The van der Waals surface area contributed by atoms with E-state index < -0.39 is 5.56 Å². The number of ether oxygens (including phenoxy) is 1. The van der Waals surface area contributed by atoms with Crippen molar-refractivity contribution in [3.05, 3.63) is 59.2 Å². The van der Waals surface area contributed by atoms with Crippen molar-refractivity contribution in [1.29, 1.82) is 5.26 Å². The van der Waals surface area contributed by atoms with Gasteiger partial charge >= 0.3 is 0 Å². The van der Waals surface area contributed by atoms with E-state index in [1.54, 1.807) is 30.3 Å². The average Bonchev–Trinajstić information content (AvgIpc) is 2.45. The van der Waals surface area contributed by atoms with Gasteiger partial charge in [0.15, 0.2) is 0 Å². The van der Waals surface area contributed by atoms with E-state index in [-0.39, 0.29) is 5.56 Å². The van der Waals surface area contributed by atoms with Crippen molar-refractivity contribution in [2.45, 2.75) is 0 Å². The van der Waals surface area contributed by atoms with Crippen molar-refractivity contribution in [2.75, 3.05) is 6.61 Å². The summed E-state index contributed by atoms with van der Waals surface area (Å²) in [5.41, 5.74) is 0.608. The van der Waals surface area contributed by atoms with Crippen LogP contribution in [0.3, 0.4) is 0 Å². The second kappa shape index (κ2) is 5.65. The molecule has 5 nitrogen and oxygen atoms in total.